The molecule has 0 bridgehead atoms. The van der Waals surface area contributed by atoms with E-state index in [2.05, 4.69) is 52.7 Å². The fourth-order valence-electron chi connectivity index (χ4n) is 4.31. The van der Waals surface area contributed by atoms with Crippen LogP contribution in [0.2, 0.25) is 0 Å². The molecule has 0 saturated heterocycles. The van der Waals surface area contributed by atoms with Crippen LogP contribution in [0.25, 0.3) is 10.9 Å². The first kappa shape index (κ1) is 18.2. The van der Waals surface area contributed by atoms with Crippen molar-refractivity contribution in [2.45, 2.75) is 64.8 Å². The Balaban J connectivity index is 1.45. The summed E-state index contributed by atoms with van der Waals surface area (Å²) in [6.07, 6.45) is 9.31. The number of guanidine groups is 1. The highest BCUT2D eigenvalue weighted by molar-refractivity contribution is 5.89. The summed E-state index contributed by atoms with van der Waals surface area (Å²) in [5.74, 6) is 1.56. The van der Waals surface area contributed by atoms with Crippen molar-refractivity contribution >= 4 is 22.8 Å². The molecule has 0 amide bonds. The average molecular weight is 369 g/mol. The molecule has 144 valence electrons. The molecule has 1 aromatic heterocycles. The molecule has 27 heavy (non-hydrogen) atoms. The number of nitrogens with one attached hydrogen (secondary N) is 4. The highest BCUT2D eigenvalue weighted by atomic mass is 15.4. The number of anilines is 1. The van der Waals surface area contributed by atoms with Crippen molar-refractivity contribution in [3.8, 4) is 0 Å². The lowest BCUT2D eigenvalue weighted by molar-refractivity contribution is -1.00. The first-order chi connectivity index (χ1) is 13.2. The minimum Gasteiger partial charge on any atom is -0.274 e. The Hall–Kier alpha value is -2.21. The summed E-state index contributed by atoms with van der Waals surface area (Å²) in [5, 5.41) is 7.97. The Morgan fingerprint density at radius 3 is 2.70 bits per heavy atom. The number of hydrogen-bond acceptors (Lipinski definition) is 4. The van der Waals surface area contributed by atoms with Gasteiger partial charge >= 0.3 is 5.96 Å². The Morgan fingerprint density at radius 2 is 2.00 bits per heavy atom. The van der Waals surface area contributed by atoms with Gasteiger partial charge in [-0.3, -0.25) is 4.90 Å². The van der Waals surface area contributed by atoms with E-state index in [4.69, 9.17) is 4.98 Å². The van der Waals surface area contributed by atoms with Crippen LogP contribution in [0.3, 0.4) is 0 Å². The second kappa shape index (κ2) is 8.21. The zero-order chi connectivity index (χ0) is 18.6. The Morgan fingerprint density at radius 1 is 1.19 bits per heavy atom. The van der Waals surface area contributed by atoms with E-state index in [1.54, 1.807) is 4.90 Å². The predicted octanol–water partition coefficient (Wildman–Crippen LogP) is 0.475. The lowest BCUT2D eigenvalue weighted by atomic mass is 10.1. The molecule has 2 aliphatic rings. The number of nitrogens with zero attached hydrogens (tertiary/aromatic N) is 2. The van der Waals surface area contributed by atoms with E-state index >= 15 is 0 Å². The number of fused-ring (bicyclic) bond motifs is 1. The molecule has 1 aromatic carbocycles. The molecule has 0 radical (unpaired) electrons. The van der Waals surface area contributed by atoms with Crippen LogP contribution >= 0.6 is 0 Å². The van der Waals surface area contributed by atoms with Gasteiger partial charge in [0.2, 0.25) is 0 Å². The Kier molecular flexibility index (Phi) is 5.53. The van der Waals surface area contributed by atoms with E-state index in [9.17, 15) is 0 Å². The van der Waals surface area contributed by atoms with Crippen LogP contribution in [-0.2, 0) is 6.42 Å². The van der Waals surface area contributed by atoms with Crippen molar-refractivity contribution < 1.29 is 9.89 Å². The molecule has 1 aliphatic heterocycles. The minimum absolute atomic E-state index is 0.650. The summed E-state index contributed by atoms with van der Waals surface area (Å²) in [7, 11) is 0. The van der Waals surface area contributed by atoms with Gasteiger partial charge in [-0.05, 0) is 56.7 Å². The van der Waals surface area contributed by atoms with Gasteiger partial charge in [-0.2, -0.15) is 4.98 Å². The third kappa shape index (κ3) is 4.21. The fourth-order valence-corrected chi connectivity index (χ4v) is 4.31. The van der Waals surface area contributed by atoms with Gasteiger partial charge in [0.1, 0.15) is 0 Å². The summed E-state index contributed by atoms with van der Waals surface area (Å²) < 4.78 is 0. The smallest absolute Gasteiger partial charge is 0.274 e. The largest absolute Gasteiger partial charge is 0.359 e. The molecule has 4 rings (SSSR count). The lowest BCUT2D eigenvalue weighted by Gasteiger charge is -2.27. The Labute approximate surface area is 161 Å². The number of quaternary nitrogens is 1. The summed E-state index contributed by atoms with van der Waals surface area (Å²) in [5.41, 5.74) is 3.32. The molecule has 4 N–H and O–H groups in total. The maximum absolute atomic E-state index is 4.70. The van der Waals surface area contributed by atoms with Gasteiger partial charge in [-0.1, -0.05) is 25.8 Å². The van der Waals surface area contributed by atoms with Crippen molar-refractivity contribution in [3.05, 3.63) is 29.5 Å². The number of aryl methyl sites for hydroxylation is 2. The number of aromatic nitrogens is 2. The highest BCUT2D eigenvalue weighted by Crippen LogP contribution is 2.19. The predicted molar refractivity (Wildman–Crippen MR) is 109 cm³/mol. The van der Waals surface area contributed by atoms with Crippen LogP contribution in [0.1, 0.15) is 56.7 Å². The van der Waals surface area contributed by atoms with Crippen molar-refractivity contribution in [2.75, 3.05) is 18.7 Å². The van der Waals surface area contributed by atoms with Crippen molar-refractivity contribution in [3.63, 3.8) is 0 Å². The molecule has 6 heteroatoms. The standard InChI is InChI=1S/C21H30N6/c1-3-16-10-11-19-18(12-16)15(2)24-21(25-19)26-20-22-13-27(14-23-20)17-8-6-4-5-7-9-17/h10-12,17H,3-9,13-14H2,1-2H3,(H2,22,23,24,25,26)/p+2. The van der Waals surface area contributed by atoms with Crippen LogP contribution in [0, 0.1) is 6.92 Å². The van der Waals surface area contributed by atoms with Crippen molar-refractivity contribution in [2.24, 2.45) is 0 Å². The van der Waals surface area contributed by atoms with Gasteiger partial charge in [-0.25, -0.2) is 20.6 Å². The average Bonchev–Trinajstić information content (AvgIpc) is 2.98. The Bertz CT molecular complexity index is 823. The maximum Gasteiger partial charge on any atom is 0.359 e. The molecule has 1 atom stereocenters. The SMILES string of the molecule is CCc1ccc2nc(NC3=[NH+]C[NH+](C4CCCCCC4)CN3)nc(C)c2c1. The van der Waals surface area contributed by atoms with Crippen molar-refractivity contribution in [1.29, 1.82) is 0 Å². The monoisotopic (exact) mass is 368 g/mol. The van der Waals surface area contributed by atoms with Crippen molar-refractivity contribution in [1.82, 2.24) is 15.3 Å². The molecule has 1 saturated carbocycles. The molecule has 6 nitrogen and oxygen atoms in total. The zero-order valence-corrected chi connectivity index (χ0v) is 16.6. The molecule has 1 fully saturated rings. The molecular weight excluding hydrogens is 336 g/mol. The van der Waals surface area contributed by atoms with E-state index in [1.807, 2.05) is 0 Å². The summed E-state index contributed by atoms with van der Waals surface area (Å²) in [6.45, 7) is 6.13. The first-order valence-corrected chi connectivity index (χ1v) is 10.5. The number of benzene rings is 1. The van der Waals surface area contributed by atoms with Crippen LogP contribution in [-0.4, -0.2) is 35.3 Å². The molecule has 1 unspecified atom stereocenters. The van der Waals surface area contributed by atoms with Gasteiger partial charge in [0.15, 0.2) is 13.3 Å². The van der Waals surface area contributed by atoms with Crippen LogP contribution in [0.4, 0.5) is 5.95 Å². The number of rotatable bonds is 3. The van der Waals surface area contributed by atoms with E-state index in [-0.39, 0.29) is 0 Å². The van der Waals surface area contributed by atoms with Gasteiger partial charge in [-0.15, -0.1) is 0 Å². The zero-order valence-electron chi connectivity index (χ0n) is 16.6. The van der Waals surface area contributed by atoms with Gasteiger partial charge in [0.05, 0.1) is 17.3 Å². The van der Waals surface area contributed by atoms with Gasteiger partial charge < -0.3 is 0 Å². The van der Waals surface area contributed by atoms with Gasteiger partial charge in [0, 0.05) is 5.39 Å². The van der Waals surface area contributed by atoms with E-state index < -0.39 is 0 Å². The molecule has 2 aromatic rings. The summed E-state index contributed by atoms with van der Waals surface area (Å²) >= 11 is 0. The summed E-state index contributed by atoms with van der Waals surface area (Å²) in [4.78, 5) is 14.5. The topological polar surface area (TPSA) is 68.2 Å². The fraction of sp³-hybridized carbons (Fsp3) is 0.571. The molecule has 1 aliphatic carbocycles. The van der Waals surface area contributed by atoms with E-state index in [0.29, 0.717) is 5.95 Å². The third-order valence-electron chi connectivity index (χ3n) is 6.01. The van der Waals surface area contributed by atoms with Crippen LogP contribution in [0.5, 0.6) is 0 Å². The minimum atomic E-state index is 0.650. The van der Waals surface area contributed by atoms with Gasteiger partial charge in [0.25, 0.3) is 5.95 Å². The molecule has 2 heterocycles. The molecular formula is C21H32N6+2. The normalized spacial score (nSPS) is 21.4. The lowest BCUT2D eigenvalue weighted by Crippen LogP contribution is -3.26. The second-order valence-corrected chi connectivity index (χ2v) is 7.89. The quantitative estimate of drug-likeness (QED) is 0.595. The molecule has 0 spiro atoms. The van der Waals surface area contributed by atoms with E-state index in [0.717, 1.165) is 48.4 Å². The maximum atomic E-state index is 4.70. The summed E-state index contributed by atoms with van der Waals surface area (Å²) in [6, 6.07) is 7.22. The first-order valence-electron chi connectivity index (χ1n) is 10.5. The second-order valence-electron chi connectivity index (χ2n) is 7.89. The van der Waals surface area contributed by atoms with Crippen LogP contribution < -0.4 is 20.5 Å². The van der Waals surface area contributed by atoms with Crippen LogP contribution in [0.15, 0.2) is 18.2 Å². The highest BCUT2D eigenvalue weighted by Gasteiger charge is 2.28. The number of hydrogen-bond donors (Lipinski definition) is 4. The third-order valence-corrected chi connectivity index (χ3v) is 6.01. The van der Waals surface area contributed by atoms with E-state index in [1.165, 1.54) is 44.1 Å².